The van der Waals surface area contributed by atoms with E-state index in [2.05, 4.69) is 0 Å². The van der Waals surface area contributed by atoms with Crippen molar-refractivity contribution in [1.82, 2.24) is 4.90 Å². The summed E-state index contributed by atoms with van der Waals surface area (Å²) in [4.78, 5) is 13.9. The highest BCUT2D eigenvalue weighted by Crippen LogP contribution is 2.20. The highest BCUT2D eigenvalue weighted by molar-refractivity contribution is 5.94. The average molecular weight is 298 g/mol. The molecule has 1 aliphatic rings. The molecule has 1 aliphatic heterocycles. The minimum absolute atomic E-state index is 0.0739. The van der Waals surface area contributed by atoms with E-state index in [0.717, 1.165) is 6.07 Å². The summed E-state index contributed by atoms with van der Waals surface area (Å²) in [6.45, 7) is 3.50. The van der Waals surface area contributed by atoms with Crippen LogP contribution in [0.5, 0.6) is 0 Å². The molecule has 0 aliphatic carbocycles. The van der Waals surface area contributed by atoms with Gasteiger partial charge in [-0.25, -0.2) is 8.78 Å². The monoisotopic (exact) mass is 298 g/mol. The van der Waals surface area contributed by atoms with E-state index >= 15 is 0 Å². The van der Waals surface area contributed by atoms with Crippen molar-refractivity contribution in [2.24, 2.45) is 5.73 Å². The number of nitrogens with zero attached hydrogens (tertiary/aromatic N) is 1. The number of hydrogen-bond acceptors (Lipinski definition) is 3. The van der Waals surface area contributed by atoms with Crippen LogP contribution in [0.3, 0.4) is 0 Å². The van der Waals surface area contributed by atoms with Crippen LogP contribution in [0.1, 0.15) is 28.8 Å². The summed E-state index contributed by atoms with van der Waals surface area (Å²) >= 11 is 0. The molecule has 2 N–H and O–H groups in total. The van der Waals surface area contributed by atoms with Crippen molar-refractivity contribution in [3.63, 3.8) is 0 Å². The molecule has 0 radical (unpaired) electrons. The number of amides is 1. The van der Waals surface area contributed by atoms with Gasteiger partial charge in [-0.1, -0.05) is 0 Å². The fraction of sp³-hybridized carbons (Fsp3) is 0.533. The largest absolute Gasteiger partial charge is 0.377 e. The Bertz CT molecular complexity index is 515. The fourth-order valence-electron chi connectivity index (χ4n) is 2.45. The quantitative estimate of drug-likeness (QED) is 0.923. The maximum atomic E-state index is 13.8. The minimum atomic E-state index is -0.815. The topological polar surface area (TPSA) is 55.6 Å². The number of carbonyl (C=O) groups excluding carboxylic acids is 1. The summed E-state index contributed by atoms with van der Waals surface area (Å²) in [6.07, 6.45) is 1.50. The third-order valence-electron chi connectivity index (χ3n) is 3.68. The van der Waals surface area contributed by atoms with Crippen molar-refractivity contribution in [2.75, 3.05) is 26.2 Å². The van der Waals surface area contributed by atoms with E-state index < -0.39 is 17.5 Å². The van der Waals surface area contributed by atoms with Gasteiger partial charge < -0.3 is 15.4 Å². The summed E-state index contributed by atoms with van der Waals surface area (Å²) in [5.41, 5.74) is 5.57. The second-order valence-electron chi connectivity index (χ2n) is 5.23. The molecule has 1 amide bonds. The second kappa shape index (κ2) is 6.95. The van der Waals surface area contributed by atoms with Crippen molar-refractivity contribution in [1.29, 1.82) is 0 Å². The van der Waals surface area contributed by atoms with Crippen LogP contribution in [0.25, 0.3) is 0 Å². The number of benzene rings is 1. The van der Waals surface area contributed by atoms with E-state index in [-0.39, 0.29) is 17.2 Å². The number of nitrogens with two attached hydrogens (primary N) is 1. The first-order chi connectivity index (χ1) is 10.0. The maximum absolute atomic E-state index is 13.8. The summed E-state index contributed by atoms with van der Waals surface area (Å²) in [5, 5.41) is 0. The molecule has 0 atom stereocenters. The van der Waals surface area contributed by atoms with Gasteiger partial charge in [-0.3, -0.25) is 4.79 Å². The zero-order valence-corrected chi connectivity index (χ0v) is 12.1. The van der Waals surface area contributed by atoms with Crippen LogP contribution in [0.15, 0.2) is 12.1 Å². The van der Waals surface area contributed by atoms with Crippen molar-refractivity contribution in [3.8, 4) is 0 Å². The Kier molecular flexibility index (Phi) is 5.25. The molecule has 1 heterocycles. The second-order valence-corrected chi connectivity index (χ2v) is 5.23. The van der Waals surface area contributed by atoms with Crippen LogP contribution < -0.4 is 5.73 Å². The van der Waals surface area contributed by atoms with Crippen LogP contribution in [-0.4, -0.2) is 43.2 Å². The van der Waals surface area contributed by atoms with Crippen LogP contribution in [0.4, 0.5) is 8.78 Å². The number of carbonyl (C=O) groups is 1. The van der Waals surface area contributed by atoms with E-state index in [1.165, 1.54) is 13.0 Å². The van der Waals surface area contributed by atoms with Gasteiger partial charge in [-0.2, -0.15) is 0 Å². The fourth-order valence-corrected chi connectivity index (χ4v) is 2.45. The molecule has 0 unspecified atom stereocenters. The molecule has 1 saturated heterocycles. The van der Waals surface area contributed by atoms with Gasteiger partial charge in [0.1, 0.15) is 11.6 Å². The van der Waals surface area contributed by atoms with Crippen molar-refractivity contribution >= 4 is 5.91 Å². The van der Waals surface area contributed by atoms with Crippen molar-refractivity contribution in [2.45, 2.75) is 25.9 Å². The summed E-state index contributed by atoms with van der Waals surface area (Å²) in [7, 11) is 0. The number of aryl methyl sites for hydroxylation is 1. The van der Waals surface area contributed by atoms with Gasteiger partial charge in [0, 0.05) is 25.7 Å². The summed E-state index contributed by atoms with van der Waals surface area (Å²) < 4.78 is 32.5. The van der Waals surface area contributed by atoms with Gasteiger partial charge in [0.15, 0.2) is 0 Å². The predicted octanol–water partition coefficient (Wildman–Crippen LogP) is 1.85. The number of hydrogen-bond donors (Lipinski definition) is 1. The molecule has 0 saturated carbocycles. The van der Waals surface area contributed by atoms with Gasteiger partial charge in [-0.15, -0.1) is 0 Å². The van der Waals surface area contributed by atoms with Crippen molar-refractivity contribution < 1.29 is 18.3 Å². The molecule has 116 valence electrons. The van der Waals surface area contributed by atoms with E-state index in [9.17, 15) is 13.6 Å². The normalized spacial score (nSPS) is 16.3. The number of likely N-dealkylation sites (tertiary alicyclic amines) is 1. The smallest absolute Gasteiger partial charge is 0.256 e. The van der Waals surface area contributed by atoms with Crippen molar-refractivity contribution in [3.05, 3.63) is 34.9 Å². The van der Waals surface area contributed by atoms with E-state index in [1.807, 2.05) is 0 Å². The summed E-state index contributed by atoms with van der Waals surface area (Å²) in [5.74, 6) is -1.85. The van der Waals surface area contributed by atoms with Gasteiger partial charge in [0.2, 0.25) is 0 Å². The Balaban J connectivity index is 2.00. The van der Waals surface area contributed by atoms with Crippen LogP contribution >= 0.6 is 0 Å². The standard InChI is InChI=1S/C15H20F2N2O2/c1-10-8-12(14(17)9-13(10)16)15(20)19-5-2-11(3-6-19)21-7-4-18/h8-9,11H,2-7,18H2,1H3. The van der Waals surface area contributed by atoms with Crippen LogP contribution in [0.2, 0.25) is 0 Å². The predicted molar refractivity (Wildman–Crippen MR) is 75.0 cm³/mol. The maximum Gasteiger partial charge on any atom is 0.256 e. The first kappa shape index (κ1) is 15.9. The third kappa shape index (κ3) is 3.77. The van der Waals surface area contributed by atoms with Gasteiger partial charge in [0.05, 0.1) is 18.3 Å². The zero-order chi connectivity index (χ0) is 15.4. The number of halogens is 2. The molecule has 21 heavy (non-hydrogen) atoms. The molecule has 1 aromatic rings. The molecule has 0 spiro atoms. The van der Waals surface area contributed by atoms with Gasteiger partial charge in [-0.05, 0) is 31.4 Å². The number of rotatable bonds is 4. The molecule has 1 aromatic carbocycles. The lowest BCUT2D eigenvalue weighted by Crippen LogP contribution is -2.41. The number of piperidine rings is 1. The van der Waals surface area contributed by atoms with E-state index in [4.69, 9.17) is 10.5 Å². The lowest BCUT2D eigenvalue weighted by Gasteiger charge is -2.32. The Morgan fingerprint density at radius 2 is 2.00 bits per heavy atom. The average Bonchev–Trinajstić information content (AvgIpc) is 2.48. The van der Waals surface area contributed by atoms with Gasteiger partial charge in [0.25, 0.3) is 5.91 Å². The Labute approximate surface area is 122 Å². The Hall–Kier alpha value is -1.53. The minimum Gasteiger partial charge on any atom is -0.377 e. The molecule has 0 bridgehead atoms. The van der Waals surface area contributed by atoms with E-state index in [1.54, 1.807) is 4.90 Å². The molecular weight excluding hydrogens is 278 g/mol. The zero-order valence-electron chi connectivity index (χ0n) is 12.1. The van der Waals surface area contributed by atoms with Crippen LogP contribution in [0, 0.1) is 18.6 Å². The first-order valence-corrected chi connectivity index (χ1v) is 7.09. The van der Waals surface area contributed by atoms with Gasteiger partial charge >= 0.3 is 0 Å². The summed E-state index contributed by atoms with van der Waals surface area (Å²) in [6, 6.07) is 2.03. The first-order valence-electron chi connectivity index (χ1n) is 7.09. The SMILES string of the molecule is Cc1cc(C(=O)N2CCC(OCCN)CC2)c(F)cc1F. The molecule has 0 aromatic heterocycles. The highest BCUT2D eigenvalue weighted by atomic mass is 19.1. The Morgan fingerprint density at radius 3 is 2.62 bits per heavy atom. The third-order valence-corrected chi connectivity index (χ3v) is 3.68. The number of ether oxygens (including phenoxy) is 1. The highest BCUT2D eigenvalue weighted by Gasteiger charge is 2.26. The lowest BCUT2D eigenvalue weighted by molar-refractivity contribution is 0.0120. The molecule has 4 nitrogen and oxygen atoms in total. The van der Waals surface area contributed by atoms with E-state index in [0.29, 0.717) is 39.1 Å². The molecular formula is C15H20F2N2O2. The molecule has 1 fully saturated rings. The molecule has 6 heteroatoms. The molecule has 2 rings (SSSR count). The van der Waals surface area contributed by atoms with Crippen LogP contribution in [-0.2, 0) is 4.74 Å². The lowest BCUT2D eigenvalue weighted by atomic mass is 10.0. The Morgan fingerprint density at radius 1 is 1.33 bits per heavy atom.